The monoisotopic (exact) mass is 275 g/mol. The van der Waals surface area contributed by atoms with Gasteiger partial charge in [-0.25, -0.2) is 0 Å². The molecule has 0 bridgehead atoms. The molecule has 108 valence electrons. The number of amides is 2. The molecule has 0 unspecified atom stereocenters. The van der Waals surface area contributed by atoms with Gasteiger partial charge in [-0.3, -0.25) is 9.59 Å². The highest BCUT2D eigenvalue weighted by Crippen LogP contribution is 2.20. The summed E-state index contributed by atoms with van der Waals surface area (Å²) in [6.45, 7) is 7.89. The molecule has 0 aliphatic carbocycles. The lowest BCUT2D eigenvalue weighted by Gasteiger charge is -2.11. The fourth-order valence-corrected chi connectivity index (χ4v) is 1.54. The largest absolute Gasteiger partial charge is 0.376 e. The maximum atomic E-state index is 11.5. The first-order chi connectivity index (χ1) is 9.56. The molecule has 0 aliphatic rings. The molecule has 20 heavy (non-hydrogen) atoms. The van der Waals surface area contributed by atoms with Crippen LogP contribution in [0.2, 0.25) is 0 Å². The van der Waals surface area contributed by atoms with Crippen LogP contribution in [0.5, 0.6) is 0 Å². The van der Waals surface area contributed by atoms with E-state index in [4.69, 9.17) is 0 Å². The van der Waals surface area contributed by atoms with Crippen molar-refractivity contribution < 1.29 is 9.59 Å². The normalized spacial score (nSPS) is 9.70. The molecule has 0 aromatic heterocycles. The molecule has 0 atom stereocenters. The average Bonchev–Trinajstić information content (AvgIpc) is 2.45. The van der Waals surface area contributed by atoms with E-state index in [2.05, 4.69) is 22.5 Å². The number of anilines is 2. The number of hydrogen-bond acceptors (Lipinski definition) is 3. The molecule has 1 rings (SSSR count). The third-order valence-corrected chi connectivity index (χ3v) is 2.73. The van der Waals surface area contributed by atoms with Gasteiger partial charge in [0, 0.05) is 24.3 Å². The van der Waals surface area contributed by atoms with Crippen LogP contribution in [0.25, 0.3) is 0 Å². The Bertz CT molecular complexity index is 498. The molecule has 2 amide bonds. The number of carbonyl (C=O) groups excluding carboxylic acids is 2. The summed E-state index contributed by atoms with van der Waals surface area (Å²) in [5.41, 5.74) is 2.53. The highest BCUT2D eigenvalue weighted by Gasteiger charge is 2.05. The lowest BCUT2D eigenvalue weighted by atomic mass is 10.1. The number of hydrogen-bond donors (Lipinski definition) is 3. The van der Waals surface area contributed by atoms with Gasteiger partial charge in [-0.05, 0) is 24.6 Å². The minimum Gasteiger partial charge on any atom is -0.376 e. The minimum absolute atomic E-state index is 0.0334. The van der Waals surface area contributed by atoms with Crippen LogP contribution in [-0.2, 0) is 9.59 Å². The van der Waals surface area contributed by atoms with Crippen molar-refractivity contribution in [1.82, 2.24) is 5.32 Å². The predicted molar refractivity (Wildman–Crippen MR) is 81.8 cm³/mol. The Morgan fingerprint density at radius 1 is 1.30 bits per heavy atom. The molecule has 0 saturated heterocycles. The molecule has 0 heterocycles. The second kappa shape index (κ2) is 7.99. The fourth-order valence-electron chi connectivity index (χ4n) is 1.54. The second-order valence-electron chi connectivity index (χ2n) is 4.38. The molecule has 3 N–H and O–H groups in total. The zero-order valence-corrected chi connectivity index (χ0v) is 12.0. The molecular formula is C15H21N3O2. The van der Waals surface area contributed by atoms with Gasteiger partial charge >= 0.3 is 0 Å². The third kappa shape index (κ3) is 5.14. The molecule has 0 spiro atoms. The quantitative estimate of drug-likeness (QED) is 0.667. The maximum absolute atomic E-state index is 11.5. The highest BCUT2D eigenvalue weighted by atomic mass is 16.2. The number of benzene rings is 1. The van der Waals surface area contributed by atoms with E-state index in [0.717, 1.165) is 16.9 Å². The first-order valence-electron chi connectivity index (χ1n) is 6.58. The molecule has 0 radical (unpaired) electrons. The van der Waals surface area contributed by atoms with Crippen LogP contribution in [0, 0.1) is 6.92 Å². The fraction of sp³-hybridized carbons (Fsp3) is 0.333. The summed E-state index contributed by atoms with van der Waals surface area (Å²) in [6, 6.07) is 5.59. The molecular weight excluding hydrogens is 254 g/mol. The first kappa shape index (κ1) is 15.8. The lowest BCUT2D eigenvalue weighted by Crippen LogP contribution is -2.29. The van der Waals surface area contributed by atoms with Gasteiger partial charge in [0.1, 0.15) is 0 Å². The van der Waals surface area contributed by atoms with Crippen LogP contribution in [-0.4, -0.2) is 24.9 Å². The standard InChI is InChI=1S/C15H21N3O2/c1-4-8-16-15(20)10-17-12-7-6-11(3)13(9-12)18-14(19)5-2/h4,6-7,9,17H,1,5,8,10H2,2-3H3,(H,16,20)(H,18,19). The molecule has 0 fully saturated rings. The van der Waals surface area contributed by atoms with Gasteiger partial charge < -0.3 is 16.0 Å². The Morgan fingerprint density at radius 2 is 2.05 bits per heavy atom. The van der Waals surface area contributed by atoms with Gasteiger partial charge in [0.25, 0.3) is 0 Å². The van der Waals surface area contributed by atoms with Gasteiger partial charge in [0.15, 0.2) is 0 Å². The van der Waals surface area contributed by atoms with Crippen molar-refractivity contribution in [3.8, 4) is 0 Å². The van der Waals surface area contributed by atoms with Crippen LogP contribution in [0.4, 0.5) is 11.4 Å². The average molecular weight is 275 g/mol. The summed E-state index contributed by atoms with van der Waals surface area (Å²) >= 11 is 0. The van der Waals surface area contributed by atoms with Gasteiger partial charge in [0.05, 0.1) is 6.54 Å². The van der Waals surface area contributed by atoms with Gasteiger partial charge in [-0.15, -0.1) is 6.58 Å². The number of rotatable bonds is 7. The zero-order chi connectivity index (χ0) is 15.0. The van der Waals surface area contributed by atoms with E-state index in [-0.39, 0.29) is 18.4 Å². The van der Waals surface area contributed by atoms with Crippen molar-refractivity contribution in [3.05, 3.63) is 36.4 Å². The Hall–Kier alpha value is -2.30. The van der Waals surface area contributed by atoms with Crippen LogP contribution in [0.15, 0.2) is 30.9 Å². The Labute approximate surface area is 119 Å². The summed E-state index contributed by atoms with van der Waals surface area (Å²) in [5, 5.41) is 8.52. The van der Waals surface area contributed by atoms with Crippen LogP contribution < -0.4 is 16.0 Å². The van der Waals surface area contributed by atoms with E-state index < -0.39 is 0 Å². The SMILES string of the molecule is C=CCNC(=O)CNc1ccc(C)c(NC(=O)CC)c1. The first-order valence-corrected chi connectivity index (χ1v) is 6.58. The van der Waals surface area contributed by atoms with E-state index >= 15 is 0 Å². The van der Waals surface area contributed by atoms with Crippen LogP contribution in [0.3, 0.4) is 0 Å². The summed E-state index contributed by atoms with van der Waals surface area (Å²) in [4.78, 5) is 22.9. The molecule has 1 aromatic rings. The van der Waals surface area contributed by atoms with E-state index in [1.54, 1.807) is 13.0 Å². The summed E-state index contributed by atoms with van der Waals surface area (Å²) in [6.07, 6.45) is 2.06. The van der Waals surface area contributed by atoms with E-state index in [1.807, 2.05) is 25.1 Å². The third-order valence-electron chi connectivity index (χ3n) is 2.73. The van der Waals surface area contributed by atoms with Gasteiger partial charge in [-0.1, -0.05) is 19.1 Å². The van der Waals surface area contributed by atoms with Crippen LogP contribution >= 0.6 is 0 Å². The molecule has 5 nitrogen and oxygen atoms in total. The summed E-state index contributed by atoms with van der Waals surface area (Å²) in [5.74, 6) is -0.140. The van der Waals surface area contributed by atoms with Crippen molar-refractivity contribution in [1.29, 1.82) is 0 Å². The molecule has 5 heteroatoms. The number of aryl methyl sites for hydroxylation is 1. The van der Waals surface area contributed by atoms with Crippen molar-refractivity contribution in [2.75, 3.05) is 23.7 Å². The lowest BCUT2D eigenvalue weighted by molar-refractivity contribution is -0.119. The van der Waals surface area contributed by atoms with E-state index in [1.165, 1.54) is 0 Å². The minimum atomic E-state index is -0.107. The molecule has 0 aliphatic heterocycles. The van der Waals surface area contributed by atoms with Crippen molar-refractivity contribution in [2.24, 2.45) is 0 Å². The Morgan fingerprint density at radius 3 is 2.70 bits per heavy atom. The topological polar surface area (TPSA) is 70.2 Å². The van der Waals surface area contributed by atoms with Crippen LogP contribution in [0.1, 0.15) is 18.9 Å². The molecule has 0 saturated carbocycles. The Kier molecular flexibility index (Phi) is 6.29. The predicted octanol–water partition coefficient (Wildman–Crippen LogP) is 2.06. The maximum Gasteiger partial charge on any atom is 0.239 e. The molecule has 1 aromatic carbocycles. The van der Waals surface area contributed by atoms with Crippen molar-refractivity contribution in [2.45, 2.75) is 20.3 Å². The smallest absolute Gasteiger partial charge is 0.239 e. The van der Waals surface area contributed by atoms with E-state index in [0.29, 0.717) is 13.0 Å². The zero-order valence-electron chi connectivity index (χ0n) is 12.0. The van der Waals surface area contributed by atoms with Gasteiger partial charge in [-0.2, -0.15) is 0 Å². The summed E-state index contributed by atoms with van der Waals surface area (Å²) in [7, 11) is 0. The van der Waals surface area contributed by atoms with E-state index in [9.17, 15) is 9.59 Å². The Balaban J connectivity index is 2.63. The van der Waals surface area contributed by atoms with Crippen molar-refractivity contribution >= 4 is 23.2 Å². The van der Waals surface area contributed by atoms with Crippen molar-refractivity contribution in [3.63, 3.8) is 0 Å². The summed E-state index contributed by atoms with van der Waals surface area (Å²) < 4.78 is 0. The second-order valence-corrected chi connectivity index (χ2v) is 4.38. The van der Waals surface area contributed by atoms with Gasteiger partial charge in [0.2, 0.25) is 11.8 Å². The highest BCUT2D eigenvalue weighted by molar-refractivity contribution is 5.92. The number of carbonyl (C=O) groups is 2. The number of nitrogens with one attached hydrogen (secondary N) is 3.